The van der Waals surface area contributed by atoms with Gasteiger partial charge in [0.05, 0.1) is 6.61 Å². The summed E-state index contributed by atoms with van der Waals surface area (Å²) in [5.74, 6) is 0.158. The van der Waals surface area contributed by atoms with E-state index in [1.807, 2.05) is 19.1 Å². The van der Waals surface area contributed by atoms with Crippen molar-refractivity contribution in [3.63, 3.8) is 0 Å². The molecule has 0 spiro atoms. The number of esters is 1. The van der Waals surface area contributed by atoms with Crippen LogP contribution in [0.25, 0.3) is 0 Å². The van der Waals surface area contributed by atoms with Crippen LogP contribution in [0.15, 0.2) is 24.3 Å². The number of rotatable bonds is 4. The highest BCUT2D eigenvalue weighted by Gasteiger charge is 2.29. The summed E-state index contributed by atoms with van der Waals surface area (Å²) in [5, 5.41) is 9.28. The minimum Gasteiger partial charge on any atom is -0.508 e. The lowest BCUT2D eigenvalue weighted by molar-refractivity contribution is -0.151. The first-order valence-electron chi connectivity index (χ1n) is 6.89. The molecule has 4 nitrogen and oxygen atoms in total. The van der Waals surface area contributed by atoms with E-state index in [-0.39, 0.29) is 17.8 Å². The van der Waals surface area contributed by atoms with Crippen LogP contribution in [-0.2, 0) is 16.1 Å². The quantitative estimate of drug-likeness (QED) is 0.847. The second kappa shape index (κ2) is 6.57. The topological polar surface area (TPSA) is 49.8 Å². The van der Waals surface area contributed by atoms with Gasteiger partial charge in [-0.3, -0.25) is 9.69 Å². The van der Waals surface area contributed by atoms with Crippen molar-refractivity contribution in [2.45, 2.75) is 38.8 Å². The lowest BCUT2D eigenvalue weighted by Crippen LogP contribution is -2.44. The number of carbonyl (C=O) groups excluding carboxylic acids is 1. The van der Waals surface area contributed by atoms with Gasteiger partial charge >= 0.3 is 5.97 Å². The molecular formula is C15H21NO3. The second-order valence-electron chi connectivity index (χ2n) is 4.90. The first kappa shape index (κ1) is 13.9. The van der Waals surface area contributed by atoms with Crippen molar-refractivity contribution in [2.24, 2.45) is 0 Å². The molecule has 4 heteroatoms. The van der Waals surface area contributed by atoms with Crippen LogP contribution < -0.4 is 0 Å². The summed E-state index contributed by atoms with van der Waals surface area (Å²) < 4.78 is 5.15. The molecule has 1 N–H and O–H groups in total. The molecule has 0 bridgehead atoms. The lowest BCUT2D eigenvalue weighted by atomic mass is 10.0. The Morgan fingerprint density at radius 2 is 2.11 bits per heavy atom. The number of phenolic OH excluding ortho intramolecular Hbond substituents is 1. The highest BCUT2D eigenvalue weighted by atomic mass is 16.5. The number of likely N-dealkylation sites (tertiary alicyclic amines) is 1. The first-order chi connectivity index (χ1) is 9.20. The predicted octanol–water partition coefficient (Wildman–Crippen LogP) is 2.31. The number of benzene rings is 1. The van der Waals surface area contributed by atoms with Crippen LogP contribution in [0.5, 0.6) is 5.75 Å². The largest absolute Gasteiger partial charge is 0.508 e. The fourth-order valence-electron chi connectivity index (χ4n) is 2.52. The highest BCUT2D eigenvalue weighted by molar-refractivity contribution is 5.75. The van der Waals surface area contributed by atoms with Crippen molar-refractivity contribution in [3.05, 3.63) is 29.8 Å². The molecule has 0 aromatic heterocycles. The minimum absolute atomic E-state index is 0.110. The SMILES string of the molecule is CCOC(=O)[C@@H]1CCCCN1Cc1ccc(O)cc1. The molecule has 1 atom stereocenters. The van der Waals surface area contributed by atoms with E-state index in [1.54, 1.807) is 12.1 Å². The summed E-state index contributed by atoms with van der Waals surface area (Å²) in [7, 11) is 0. The van der Waals surface area contributed by atoms with Crippen molar-refractivity contribution in [1.29, 1.82) is 0 Å². The molecule has 0 aliphatic carbocycles. The van der Waals surface area contributed by atoms with Gasteiger partial charge in [0, 0.05) is 6.54 Å². The monoisotopic (exact) mass is 263 g/mol. The zero-order chi connectivity index (χ0) is 13.7. The average Bonchev–Trinajstić information content (AvgIpc) is 2.42. The van der Waals surface area contributed by atoms with Gasteiger partial charge in [0.2, 0.25) is 0 Å². The molecule has 2 rings (SSSR count). The third-order valence-electron chi connectivity index (χ3n) is 3.49. The van der Waals surface area contributed by atoms with E-state index in [0.717, 1.165) is 37.9 Å². The Hall–Kier alpha value is -1.55. The van der Waals surface area contributed by atoms with E-state index in [9.17, 15) is 9.90 Å². The Kier molecular flexibility index (Phi) is 4.80. The van der Waals surface area contributed by atoms with Gasteiger partial charge in [-0.25, -0.2) is 0 Å². The smallest absolute Gasteiger partial charge is 0.323 e. The van der Waals surface area contributed by atoms with Crippen molar-refractivity contribution < 1.29 is 14.6 Å². The molecule has 0 amide bonds. The fourth-order valence-corrected chi connectivity index (χ4v) is 2.52. The number of carbonyl (C=O) groups is 1. The number of phenols is 1. The molecule has 1 aromatic carbocycles. The van der Waals surface area contributed by atoms with Gasteiger partial charge in [0.25, 0.3) is 0 Å². The van der Waals surface area contributed by atoms with E-state index in [2.05, 4.69) is 4.90 Å². The van der Waals surface area contributed by atoms with Gasteiger partial charge in [0.1, 0.15) is 11.8 Å². The zero-order valence-corrected chi connectivity index (χ0v) is 11.3. The number of hydrogen-bond acceptors (Lipinski definition) is 4. The molecule has 0 unspecified atom stereocenters. The Morgan fingerprint density at radius 1 is 1.37 bits per heavy atom. The van der Waals surface area contributed by atoms with E-state index in [0.29, 0.717) is 6.61 Å². The predicted molar refractivity (Wildman–Crippen MR) is 72.8 cm³/mol. The van der Waals surface area contributed by atoms with Gasteiger partial charge in [-0.1, -0.05) is 18.6 Å². The van der Waals surface area contributed by atoms with Crippen LogP contribution in [0, 0.1) is 0 Å². The van der Waals surface area contributed by atoms with Crippen molar-refractivity contribution in [3.8, 4) is 5.75 Å². The van der Waals surface area contributed by atoms with Crippen molar-refractivity contribution in [2.75, 3.05) is 13.2 Å². The molecule has 19 heavy (non-hydrogen) atoms. The minimum atomic E-state index is -0.123. The maximum atomic E-state index is 11.9. The summed E-state index contributed by atoms with van der Waals surface area (Å²) in [6, 6.07) is 7.03. The Balaban J connectivity index is 2.03. The maximum absolute atomic E-state index is 11.9. The molecule has 1 fully saturated rings. The Labute approximate surface area is 114 Å². The number of nitrogens with zero attached hydrogens (tertiary/aromatic N) is 1. The lowest BCUT2D eigenvalue weighted by Gasteiger charge is -2.33. The molecule has 0 saturated carbocycles. The molecular weight excluding hydrogens is 242 g/mol. The average molecular weight is 263 g/mol. The molecule has 1 aromatic rings. The van der Waals surface area contributed by atoms with Crippen molar-refractivity contribution in [1.82, 2.24) is 4.90 Å². The summed E-state index contributed by atoms with van der Waals surface area (Å²) in [6.45, 7) is 3.92. The maximum Gasteiger partial charge on any atom is 0.323 e. The molecule has 1 saturated heterocycles. The summed E-state index contributed by atoms with van der Waals surface area (Å²) >= 11 is 0. The fraction of sp³-hybridized carbons (Fsp3) is 0.533. The van der Waals surface area contributed by atoms with Crippen LogP contribution in [0.4, 0.5) is 0 Å². The van der Waals surface area contributed by atoms with Crippen LogP contribution in [0.3, 0.4) is 0 Å². The molecule has 0 radical (unpaired) electrons. The third-order valence-corrected chi connectivity index (χ3v) is 3.49. The number of piperidine rings is 1. The van der Waals surface area contributed by atoms with Crippen LogP contribution in [0.2, 0.25) is 0 Å². The van der Waals surface area contributed by atoms with Gasteiger partial charge in [-0.15, -0.1) is 0 Å². The summed E-state index contributed by atoms with van der Waals surface area (Å²) in [6.07, 6.45) is 3.07. The van der Waals surface area contributed by atoms with Crippen LogP contribution >= 0.6 is 0 Å². The van der Waals surface area contributed by atoms with Gasteiger partial charge < -0.3 is 9.84 Å². The van der Waals surface area contributed by atoms with Gasteiger partial charge in [-0.2, -0.15) is 0 Å². The first-order valence-corrected chi connectivity index (χ1v) is 6.89. The molecule has 1 aliphatic heterocycles. The van der Waals surface area contributed by atoms with E-state index >= 15 is 0 Å². The Bertz CT molecular complexity index is 416. The number of ether oxygens (including phenoxy) is 1. The summed E-state index contributed by atoms with van der Waals surface area (Å²) in [4.78, 5) is 14.1. The molecule has 104 valence electrons. The van der Waals surface area contributed by atoms with E-state index in [4.69, 9.17) is 4.74 Å². The van der Waals surface area contributed by atoms with Gasteiger partial charge in [0.15, 0.2) is 0 Å². The zero-order valence-electron chi connectivity index (χ0n) is 11.3. The summed E-state index contributed by atoms with van der Waals surface area (Å²) in [5.41, 5.74) is 1.11. The van der Waals surface area contributed by atoms with E-state index < -0.39 is 0 Å². The van der Waals surface area contributed by atoms with Crippen LogP contribution in [-0.4, -0.2) is 35.2 Å². The number of hydrogen-bond donors (Lipinski definition) is 1. The third kappa shape index (κ3) is 3.70. The van der Waals surface area contributed by atoms with Crippen LogP contribution in [0.1, 0.15) is 31.7 Å². The van der Waals surface area contributed by atoms with Crippen molar-refractivity contribution >= 4 is 5.97 Å². The molecule has 1 heterocycles. The Morgan fingerprint density at radius 3 is 2.79 bits per heavy atom. The molecule has 1 aliphatic rings. The van der Waals surface area contributed by atoms with Gasteiger partial charge in [-0.05, 0) is 44.0 Å². The second-order valence-corrected chi connectivity index (χ2v) is 4.90. The van der Waals surface area contributed by atoms with E-state index in [1.165, 1.54) is 0 Å². The standard InChI is InChI=1S/C15H21NO3/c1-2-19-15(18)14-5-3-4-10-16(14)11-12-6-8-13(17)9-7-12/h6-9,14,17H,2-5,10-11H2,1H3/t14-/m0/s1. The normalized spacial score (nSPS) is 20.2. The number of aromatic hydroxyl groups is 1. The highest BCUT2D eigenvalue weighted by Crippen LogP contribution is 2.21.